The number of nitrogens with two attached hydrogens (primary N) is 1. The number of hydrogen-bond donors (Lipinski definition) is 5. The van der Waals surface area contributed by atoms with Crippen molar-refractivity contribution in [2.75, 3.05) is 18.9 Å². The maximum Gasteiger partial charge on any atom is 0.472 e. The normalized spacial score (nSPS) is 36.0. The molecule has 13 nitrogen and oxygen atoms in total. The highest BCUT2D eigenvalue weighted by molar-refractivity contribution is 7.47. The first-order valence-corrected chi connectivity index (χ1v) is 11.0. The lowest BCUT2D eigenvalue weighted by Gasteiger charge is -2.18. The summed E-state index contributed by atoms with van der Waals surface area (Å²) in [6, 6.07) is 1.31. The second kappa shape index (κ2) is 8.10. The number of fused-ring (bicyclic) bond motifs is 1. The Hall–Kier alpha value is -2.12. The number of rotatable bonds is 8. The summed E-state index contributed by atoms with van der Waals surface area (Å²) in [7, 11) is -4.49. The molecule has 170 valence electrons. The van der Waals surface area contributed by atoms with Crippen LogP contribution in [0.3, 0.4) is 0 Å². The number of aliphatic hydroxyl groups is 2. The lowest BCUT2D eigenvalue weighted by atomic mass is 10.1. The molecule has 0 aromatic carbocycles. The van der Waals surface area contributed by atoms with Crippen LogP contribution in [0.5, 0.6) is 0 Å². The maximum atomic E-state index is 12.1. The summed E-state index contributed by atoms with van der Waals surface area (Å²) in [6.45, 7) is -0.668. The van der Waals surface area contributed by atoms with Crippen molar-refractivity contribution in [3.05, 3.63) is 34.4 Å². The highest BCUT2D eigenvalue weighted by atomic mass is 31.2. The molecule has 8 atom stereocenters. The third kappa shape index (κ3) is 4.44. The van der Waals surface area contributed by atoms with Gasteiger partial charge in [-0.15, -0.1) is 0 Å². The van der Waals surface area contributed by atoms with E-state index in [1.54, 1.807) is 6.08 Å². The number of hydrogen-bond acceptors (Lipinski definition) is 10. The molecule has 4 rings (SSSR count). The Balaban J connectivity index is 1.29. The zero-order chi connectivity index (χ0) is 22.5. The predicted molar refractivity (Wildman–Crippen MR) is 101 cm³/mol. The third-order valence-electron chi connectivity index (χ3n) is 5.82. The van der Waals surface area contributed by atoms with E-state index < -0.39 is 50.6 Å². The summed E-state index contributed by atoms with van der Waals surface area (Å²) < 4.78 is 28.4. The number of aliphatic hydroxyl groups excluding tert-OH is 2. The van der Waals surface area contributed by atoms with Gasteiger partial charge in [0.25, 0.3) is 0 Å². The molecule has 6 N–H and O–H groups in total. The Morgan fingerprint density at radius 3 is 2.65 bits per heavy atom. The molecule has 31 heavy (non-hydrogen) atoms. The van der Waals surface area contributed by atoms with E-state index in [4.69, 9.17) is 24.6 Å². The number of carboxylic acids is 1. The Labute approximate surface area is 175 Å². The topological polar surface area (TPSA) is 204 Å². The fraction of sp³-hybridized carbons (Fsp3) is 0.588. The molecule has 2 heterocycles. The molecule has 1 unspecified atom stereocenters. The zero-order valence-corrected chi connectivity index (χ0v) is 16.9. The van der Waals surface area contributed by atoms with Crippen molar-refractivity contribution in [3.8, 4) is 0 Å². The SMILES string of the molecule is Nc1ccn([C@@H]2O[C@H](COP(=O)(O)OC[C@@H]3[C@H]4C=C(C(=O)O)C[C@H]43)[C@@H](O)[C@H]2O)c(=O)n1. The second-order valence-electron chi connectivity index (χ2n) is 7.75. The van der Waals surface area contributed by atoms with Crippen LogP contribution in [0, 0.1) is 17.8 Å². The smallest absolute Gasteiger partial charge is 0.472 e. The number of ether oxygens (including phenoxy) is 1. The van der Waals surface area contributed by atoms with Crippen LogP contribution in [0.1, 0.15) is 12.6 Å². The second-order valence-corrected chi connectivity index (χ2v) is 9.21. The van der Waals surface area contributed by atoms with E-state index in [0.29, 0.717) is 12.0 Å². The molecule has 0 spiro atoms. The average Bonchev–Trinajstić information content (AvgIpc) is 3.01. The average molecular weight is 459 g/mol. The number of nitrogen functional groups attached to an aromatic ring is 1. The number of aromatic nitrogens is 2. The van der Waals surface area contributed by atoms with Gasteiger partial charge in [0.2, 0.25) is 0 Å². The van der Waals surface area contributed by atoms with Gasteiger partial charge in [-0.2, -0.15) is 4.98 Å². The lowest BCUT2D eigenvalue weighted by Crippen LogP contribution is -2.36. The van der Waals surface area contributed by atoms with Gasteiger partial charge >= 0.3 is 19.5 Å². The minimum atomic E-state index is -4.49. The molecule has 1 aliphatic heterocycles. The first-order chi connectivity index (χ1) is 14.6. The number of anilines is 1. The molecule has 0 bridgehead atoms. The van der Waals surface area contributed by atoms with Crippen molar-refractivity contribution in [3.63, 3.8) is 0 Å². The van der Waals surface area contributed by atoms with Crippen LogP contribution in [0.4, 0.5) is 5.82 Å². The van der Waals surface area contributed by atoms with Crippen LogP contribution in [0.2, 0.25) is 0 Å². The van der Waals surface area contributed by atoms with Gasteiger partial charge in [0.15, 0.2) is 6.23 Å². The molecule has 0 amide bonds. The van der Waals surface area contributed by atoms with E-state index in [9.17, 15) is 29.3 Å². The van der Waals surface area contributed by atoms with Crippen molar-refractivity contribution >= 4 is 19.6 Å². The summed E-state index contributed by atoms with van der Waals surface area (Å²) in [5.41, 5.74) is 4.95. The van der Waals surface area contributed by atoms with Gasteiger partial charge in [-0.1, -0.05) is 6.08 Å². The molecule has 1 aromatic heterocycles. The van der Waals surface area contributed by atoms with Crippen molar-refractivity contribution in [1.29, 1.82) is 0 Å². The highest BCUT2D eigenvalue weighted by Crippen LogP contribution is 2.58. The Morgan fingerprint density at radius 2 is 2.03 bits per heavy atom. The predicted octanol–water partition coefficient (Wildman–Crippen LogP) is -1.14. The molecule has 1 saturated carbocycles. The van der Waals surface area contributed by atoms with Gasteiger partial charge in [0.1, 0.15) is 24.1 Å². The van der Waals surface area contributed by atoms with Crippen molar-refractivity contribution < 1.29 is 43.4 Å². The standard InChI is InChI=1S/C17H22N3O10P/c18-12-1-2-20(17(25)19-12)15-14(22)13(21)11(30-15)6-29-31(26,27)28-5-10-8-3-7(16(23)24)4-9(8)10/h1-3,8-11,13-15,21-22H,4-6H2,(H,23,24)(H,26,27)(H2,18,19,25)/t8-,9+,10+,11+,13+,14+,15+/m0/s1. The van der Waals surface area contributed by atoms with Gasteiger partial charge < -0.3 is 30.7 Å². The van der Waals surface area contributed by atoms with Gasteiger partial charge in [-0.25, -0.2) is 14.2 Å². The molecular weight excluding hydrogens is 437 g/mol. The summed E-state index contributed by atoms with van der Waals surface area (Å²) in [4.78, 5) is 36.2. The molecule has 3 aliphatic rings. The van der Waals surface area contributed by atoms with Crippen LogP contribution in [0.15, 0.2) is 28.7 Å². The van der Waals surface area contributed by atoms with Gasteiger partial charge in [0, 0.05) is 11.8 Å². The number of aliphatic carboxylic acids is 1. The van der Waals surface area contributed by atoms with Crippen molar-refractivity contribution in [1.82, 2.24) is 9.55 Å². The summed E-state index contributed by atoms with van der Waals surface area (Å²) in [5, 5.41) is 29.3. The van der Waals surface area contributed by atoms with Crippen molar-refractivity contribution in [2.24, 2.45) is 17.8 Å². The van der Waals surface area contributed by atoms with Crippen LogP contribution >= 0.6 is 7.82 Å². The molecule has 0 radical (unpaired) electrons. The molecule has 2 fully saturated rings. The van der Waals surface area contributed by atoms with Crippen LogP contribution in [0.25, 0.3) is 0 Å². The lowest BCUT2D eigenvalue weighted by molar-refractivity contribution is -0.132. The first-order valence-electron chi connectivity index (χ1n) is 9.49. The first kappa shape index (κ1) is 22.1. The number of allylic oxidation sites excluding steroid dienone is 1. The van der Waals surface area contributed by atoms with Crippen LogP contribution in [-0.4, -0.2) is 67.3 Å². The van der Waals surface area contributed by atoms with E-state index in [-0.39, 0.29) is 30.2 Å². The molecule has 2 aliphatic carbocycles. The van der Waals surface area contributed by atoms with Gasteiger partial charge in [0.05, 0.1) is 13.2 Å². The fourth-order valence-corrected chi connectivity index (χ4v) is 4.83. The quantitative estimate of drug-likeness (QED) is 0.293. The minimum absolute atomic E-state index is 0.00817. The monoisotopic (exact) mass is 459 g/mol. The van der Waals surface area contributed by atoms with Crippen LogP contribution < -0.4 is 11.4 Å². The summed E-state index contributed by atoms with van der Waals surface area (Å²) in [5.74, 6) is -0.961. The third-order valence-corrected chi connectivity index (χ3v) is 6.77. The fourth-order valence-electron chi connectivity index (χ4n) is 4.06. The van der Waals surface area contributed by atoms with Crippen LogP contribution in [-0.2, 0) is 23.1 Å². The Morgan fingerprint density at radius 1 is 1.32 bits per heavy atom. The van der Waals surface area contributed by atoms with Gasteiger partial charge in [-0.05, 0) is 30.2 Å². The van der Waals surface area contributed by atoms with E-state index in [1.165, 1.54) is 12.3 Å². The maximum absolute atomic E-state index is 12.1. The zero-order valence-electron chi connectivity index (χ0n) is 16.1. The highest BCUT2D eigenvalue weighted by Gasteiger charge is 2.54. The van der Waals surface area contributed by atoms with E-state index >= 15 is 0 Å². The molecular formula is C17H22N3O10P. The number of carbonyl (C=O) groups is 1. The summed E-state index contributed by atoms with van der Waals surface area (Å²) >= 11 is 0. The Bertz CT molecular complexity index is 1010. The Kier molecular flexibility index (Phi) is 5.77. The molecule has 1 saturated heterocycles. The van der Waals surface area contributed by atoms with E-state index in [0.717, 1.165) is 4.57 Å². The van der Waals surface area contributed by atoms with E-state index in [2.05, 4.69) is 4.98 Å². The molecule has 1 aromatic rings. The van der Waals surface area contributed by atoms with Crippen molar-refractivity contribution in [2.45, 2.75) is 31.0 Å². The number of carboxylic acid groups (broad SMARTS) is 1. The minimum Gasteiger partial charge on any atom is -0.478 e. The summed E-state index contributed by atoms with van der Waals surface area (Å²) in [6.07, 6.45) is -2.24. The largest absolute Gasteiger partial charge is 0.478 e. The molecule has 14 heteroatoms. The number of nitrogens with zero attached hydrogens (tertiary/aromatic N) is 2. The number of phosphoric acid groups is 1. The number of phosphoric ester groups is 1. The van der Waals surface area contributed by atoms with E-state index in [1.807, 2.05) is 0 Å². The van der Waals surface area contributed by atoms with Gasteiger partial charge in [-0.3, -0.25) is 13.6 Å².